The lowest BCUT2D eigenvalue weighted by Gasteiger charge is -2.33. The summed E-state index contributed by atoms with van der Waals surface area (Å²) in [5.41, 5.74) is 1.30. The van der Waals surface area contributed by atoms with Crippen molar-refractivity contribution < 1.29 is 17.9 Å². The van der Waals surface area contributed by atoms with Crippen molar-refractivity contribution in [2.24, 2.45) is 0 Å². The monoisotopic (exact) mass is 385 g/mol. The van der Waals surface area contributed by atoms with Gasteiger partial charge < -0.3 is 9.64 Å². The van der Waals surface area contributed by atoms with Crippen LogP contribution in [0, 0.1) is 11.3 Å². The normalized spacial score (nSPS) is 15.1. The van der Waals surface area contributed by atoms with Crippen molar-refractivity contribution in [2.75, 3.05) is 26.2 Å². The summed E-state index contributed by atoms with van der Waals surface area (Å²) in [5, 5.41) is 8.82. The molecule has 0 atom stereocenters. The Balaban J connectivity index is 1.56. The Morgan fingerprint density at radius 3 is 2.22 bits per heavy atom. The lowest BCUT2D eigenvalue weighted by molar-refractivity contribution is 0.0838. The fourth-order valence-electron chi connectivity index (χ4n) is 2.77. The number of carbonyl (C=O) groups excluding carboxylic acids is 1. The van der Waals surface area contributed by atoms with E-state index in [4.69, 9.17) is 10.00 Å². The standard InChI is InChI=1S/C19H19N3O4S/c20-14-16-6-8-18(9-7-16)27(24,25)22-12-10-21(11-13-22)19(23)26-15-17-4-2-1-3-5-17/h1-9H,10-13,15H2. The van der Waals surface area contributed by atoms with Crippen molar-refractivity contribution in [3.8, 4) is 6.07 Å². The highest BCUT2D eigenvalue weighted by molar-refractivity contribution is 7.89. The Hall–Kier alpha value is -2.89. The highest BCUT2D eigenvalue weighted by atomic mass is 32.2. The van der Waals surface area contributed by atoms with Crippen LogP contribution in [0.2, 0.25) is 0 Å². The van der Waals surface area contributed by atoms with Gasteiger partial charge in [-0.1, -0.05) is 30.3 Å². The van der Waals surface area contributed by atoms with Crippen molar-refractivity contribution >= 4 is 16.1 Å². The van der Waals surface area contributed by atoms with Gasteiger partial charge in [-0.3, -0.25) is 0 Å². The quantitative estimate of drug-likeness (QED) is 0.805. The van der Waals surface area contributed by atoms with E-state index >= 15 is 0 Å². The first-order chi connectivity index (χ1) is 13.0. The second-order valence-corrected chi connectivity index (χ2v) is 8.01. The Labute approximate surface area is 158 Å². The second kappa shape index (κ2) is 8.20. The fourth-order valence-corrected chi connectivity index (χ4v) is 4.19. The highest BCUT2D eigenvalue weighted by Crippen LogP contribution is 2.18. The van der Waals surface area contributed by atoms with Gasteiger partial charge >= 0.3 is 6.09 Å². The predicted molar refractivity (Wildman–Crippen MR) is 98.1 cm³/mol. The van der Waals surface area contributed by atoms with Gasteiger partial charge in [0.25, 0.3) is 0 Å². The van der Waals surface area contributed by atoms with Crippen LogP contribution in [0.25, 0.3) is 0 Å². The largest absolute Gasteiger partial charge is 0.445 e. The molecular weight excluding hydrogens is 366 g/mol. The molecule has 8 heteroatoms. The molecule has 0 spiro atoms. The second-order valence-electron chi connectivity index (χ2n) is 6.07. The number of sulfonamides is 1. The van der Waals surface area contributed by atoms with Gasteiger partial charge in [-0.2, -0.15) is 9.57 Å². The fraction of sp³-hybridized carbons (Fsp3) is 0.263. The third kappa shape index (κ3) is 4.45. The van der Waals surface area contributed by atoms with Crippen molar-refractivity contribution in [3.05, 3.63) is 65.7 Å². The summed E-state index contributed by atoms with van der Waals surface area (Å²) in [4.78, 5) is 13.8. The molecule has 7 nitrogen and oxygen atoms in total. The maximum Gasteiger partial charge on any atom is 0.410 e. The highest BCUT2D eigenvalue weighted by Gasteiger charge is 2.30. The number of hydrogen-bond donors (Lipinski definition) is 0. The minimum absolute atomic E-state index is 0.140. The molecule has 27 heavy (non-hydrogen) atoms. The molecule has 0 unspecified atom stereocenters. The van der Waals surface area contributed by atoms with Crippen molar-refractivity contribution in [2.45, 2.75) is 11.5 Å². The molecule has 0 N–H and O–H groups in total. The minimum atomic E-state index is -3.65. The topological polar surface area (TPSA) is 90.7 Å². The zero-order valence-electron chi connectivity index (χ0n) is 14.6. The molecule has 1 heterocycles. The molecular formula is C19H19N3O4S. The van der Waals surface area contributed by atoms with E-state index in [-0.39, 0.29) is 37.7 Å². The molecule has 0 bridgehead atoms. The van der Waals surface area contributed by atoms with Crippen LogP contribution >= 0.6 is 0 Å². The summed E-state index contributed by atoms with van der Waals surface area (Å²) in [6.45, 7) is 1.11. The van der Waals surface area contributed by atoms with Crippen LogP contribution in [0.3, 0.4) is 0 Å². The summed E-state index contributed by atoms with van der Waals surface area (Å²) < 4.78 is 32.0. The molecule has 1 fully saturated rings. The maximum atomic E-state index is 12.7. The van der Waals surface area contributed by atoms with Crippen LogP contribution in [-0.4, -0.2) is 49.9 Å². The summed E-state index contributed by atoms with van der Waals surface area (Å²) >= 11 is 0. The van der Waals surface area contributed by atoms with Crippen LogP contribution in [0.1, 0.15) is 11.1 Å². The van der Waals surface area contributed by atoms with E-state index in [0.717, 1.165) is 5.56 Å². The third-order valence-electron chi connectivity index (χ3n) is 4.32. The van der Waals surface area contributed by atoms with Gasteiger partial charge in [0, 0.05) is 26.2 Å². The molecule has 0 radical (unpaired) electrons. The molecule has 0 aromatic heterocycles. The molecule has 2 aromatic carbocycles. The molecule has 1 amide bonds. The first-order valence-corrected chi connectivity index (χ1v) is 9.90. The minimum Gasteiger partial charge on any atom is -0.445 e. The van der Waals surface area contributed by atoms with Gasteiger partial charge in [0.2, 0.25) is 10.0 Å². The van der Waals surface area contributed by atoms with E-state index in [2.05, 4.69) is 0 Å². The summed E-state index contributed by atoms with van der Waals surface area (Å²) in [6, 6.07) is 17.1. The number of nitrogens with zero attached hydrogens (tertiary/aromatic N) is 3. The molecule has 140 valence electrons. The third-order valence-corrected chi connectivity index (χ3v) is 6.24. The first kappa shape index (κ1) is 18.9. The maximum absolute atomic E-state index is 12.7. The number of rotatable bonds is 4. The Kier molecular flexibility index (Phi) is 5.74. The van der Waals surface area contributed by atoms with Crippen LogP contribution in [-0.2, 0) is 21.4 Å². The molecule has 0 aliphatic carbocycles. The van der Waals surface area contributed by atoms with Crippen LogP contribution in [0.4, 0.5) is 4.79 Å². The molecule has 1 aliphatic rings. The van der Waals surface area contributed by atoms with E-state index in [1.165, 1.54) is 33.5 Å². The smallest absolute Gasteiger partial charge is 0.410 e. The van der Waals surface area contributed by atoms with Crippen LogP contribution in [0.15, 0.2) is 59.5 Å². The van der Waals surface area contributed by atoms with E-state index in [1.807, 2.05) is 36.4 Å². The molecule has 1 saturated heterocycles. The number of benzene rings is 2. The van der Waals surface area contributed by atoms with Crippen molar-refractivity contribution in [3.63, 3.8) is 0 Å². The molecule has 0 saturated carbocycles. The summed E-state index contributed by atoms with van der Waals surface area (Å²) in [5.74, 6) is 0. The average Bonchev–Trinajstić information content (AvgIpc) is 2.73. The number of amides is 1. The zero-order valence-corrected chi connectivity index (χ0v) is 15.4. The first-order valence-electron chi connectivity index (χ1n) is 8.46. The number of piperazine rings is 1. The number of nitriles is 1. The van der Waals surface area contributed by atoms with E-state index < -0.39 is 16.1 Å². The van der Waals surface area contributed by atoms with E-state index in [1.54, 1.807) is 0 Å². The van der Waals surface area contributed by atoms with Gasteiger partial charge in [-0.05, 0) is 29.8 Å². The predicted octanol–water partition coefficient (Wildman–Crippen LogP) is 2.20. The summed E-state index contributed by atoms with van der Waals surface area (Å²) in [6.07, 6.45) is -0.450. The lowest BCUT2D eigenvalue weighted by Crippen LogP contribution is -2.50. The number of carbonyl (C=O) groups is 1. The molecule has 1 aliphatic heterocycles. The SMILES string of the molecule is N#Cc1ccc(S(=O)(=O)N2CCN(C(=O)OCc3ccccc3)CC2)cc1. The Bertz CT molecular complexity index is 929. The lowest BCUT2D eigenvalue weighted by atomic mass is 10.2. The van der Waals surface area contributed by atoms with Gasteiger partial charge in [0.05, 0.1) is 16.5 Å². The van der Waals surface area contributed by atoms with Gasteiger partial charge in [-0.15, -0.1) is 0 Å². The van der Waals surface area contributed by atoms with Gasteiger partial charge in [0.15, 0.2) is 0 Å². The molecule has 2 aromatic rings. The number of ether oxygens (including phenoxy) is 1. The Morgan fingerprint density at radius 2 is 1.63 bits per heavy atom. The summed E-state index contributed by atoms with van der Waals surface area (Å²) in [7, 11) is -3.65. The van der Waals surface area contributed by atoms with Crippen molar-refractivity contribution in [1.29, 1.82) is 5.26 Å². The average molecular weight is 385 g/mol. The molecule has 3 rings (SSSR count). The van der Waals surface area contributed by atoms with Crippen LogP contribution < -0.4 is 0 Å². The zero-order chi connectivity index (χ0) is 19.3. The van der Waals surface area contributed by atoms with E-state index in [0.29, 0.717) is 5.56 Å². The van der Waals surface area contributed by atoms with E-state index in [9.17, 15) is 13.2 Å². The van der Waals surface area contributed by atoms with Crippen molar-refractivity contribution in [1.82, 2.24) is 9.21 Å². The number of hydrogen-bond acceptors (Lipinski definition) is 5. The Morgan fingerprint density at radius 1 is 1.00 bits per heavy atom. The van der Waals surface area contributed by atoms with Crippen LogP contribution in [0.5, 0.6) is 0 Å². The van der Waals surface area contributed by atoms with Gasteiger partial charge in [-0.25, -0.2) is 13.2 Å². The van der Waals surface area contributed by atoms with Gasteiger partial charge in [0.1, 0.15) is 6.61 Å².